The Morgan fingerprint density at radius 3 is 1.33 bits per heavy atom. The summed E-state index contributed by atoms with van der Waals surface area (Å²) in [6.07, 6.45) is 3.01. The van der Waals surface area contributed by atoms with Crippen LogP contribution in [0.2, 0.25) is 0 Å². The molecule has 0 aromatic rings. The second-order valence-electron chi connectivity index (χ2n) is 1.77. The van der Waals surface area contributed by atoms with E-state index in [0.717, 1.165) is 0 Å². The Balaban J connectivity index is 0. The summed E-state index contributed by atoms with van der Waals surface area (Å²) in [5, 5.41) is 17.3. The van der Waals surface area contributed by atoms with Crippen molar-refractivity contribution in [2.24, 2.45) is 0 Å². The maximum absolute atomic E-state index is 8.67. The number of aliphatic hydroxyl groups is 2. The number of hydrogen-bond donors (Lipinski definition) is 2. The topological polar surface area (TPSA) is 40.5 Å². The molecule has 0 aliphatic carbocycles. The first kappa shape index (κ1) is 13.7. The van der Waals surface area contributed by atoms with Crippen LogP contribution >= 0.6 is 0 Å². The second kappa shape index (κ2) is 10.1. The van der Waals surface area contributed by atoms with Crippen molar-refractivity contribution in [2.75, 3.05) is 13.2 Å². The average Bonchev–Trinajstić information content (AvgIpc) is 2.17. The zero-order valence-electron chi connectivity index (χ0n) is 7.88. The first-order valence-corrected chi connectivity index (χ1v) is 3.98. The van der Waals surface area contributed by atoms with Gasteiger partial charge in [0.2, 0.25) is 0 Å². The lowest BCUT2D eigenvalue weighted by atomic mass is 10.1. The summed E-state index contributed by atoms with van der Waals surface area (Å²) >= 11 is 0. The second-order valence-corrected chi connectivity index (χ2v) is 1.77. The lowest BCUT2D eigenvalue weighted by Gasteiger charge is -2.01. The number of aliphatic hydroxyl groups excluding tert-OH is 2. The Labute approximate surface area is 74.5 Å². The number of hydrogen-bond acceptors (Lipinski definition) is 2. The van der Waals surface area contributed by atoms with Crippen molar-refractivity contribution in [2.45, 2.75) is 13.8 Å². The van der Waals surface area contributed by atoms with Crippen LogP contribution in [0, 0.1) is 0 Å². The molecule has 0 aromatic carbocycles. The molecule has 0 heterocycles. The molecule has 0 saturated heterocycles. The fraction of sp³-hybridized carbons (Fsp3) is 0.400. The van der Waals surface area contributed by atoms with Crippen LogP contribution in [-0.4, -0.2) is 23.4 Å². The third-order valence-electron chi connectivity index (χ3n) is 1.25. The molecule has 0 amide bonds. The summed E-state index contributed by atoms with van der Waals surface area (Å²) in [7, 11) is 0. The first-order valence-electron chi connectivity index (χ1n) is 3.98. The maximum Gasteiger partial charge on any atom is 0.0685 e. The predicted octanol–water partition coefficient (Wildman–Crippen LogP) is 1.67. The van der Waals surface area contributed by atoms with Gasteiger partial charge in [0.05, 0.1) is 13.2 Å². The molecule has 12 heavy (non-hydrogen) atoms. The number of rotatable bonds is 4. The quantitative estimate of drug-likeness (QED) is 0.630. The van der Waals surface area contributed by atoms with E-state index in [4.69, 9.17) is 10.2 Å². The van der Waals surface area contributed by atoms with Gasteiger partial charge in [0.15, 0.2) is 0 Å². The molecule has 0 aromatic heterocycles. The summed E-state index contributed by atoms with van der Waals surface area (Å²) < 4.78 is 0. The minimum atomic E-state index is -0.106. The monoisotopic (exact) mass is 170 g/mol. The lowest BCUT2D eigenvalue weighted by molar-refractivity contribution is 0.317. The summed E-state index contributed by atoms with van der Waals surface area (Å²) in [4.78, 5) is 0. The normalized spacial score (nSPS) is 10.7. The highest BCUT2D eigenvalue weighted by Crippen LogP contribution is 2.04. The van der Waals surface area contributed by atoms with E-state index in [1.54, 1.807) is 0 Å². The molecule has 2 heteroatoms. The molecule has 0 bridgehead atoms. The largest absolute Gasteiger partial charge is 0.392 e. The highest BCUT2D eigenvalue weighted by atomic mass is 16.3. The molecule has 0 fully saturated rings. The van der Waals surface area contributed by atoms with Gasteiger partial charge in [-0.2, -0.15) is 0 Å². The molecule has 0 aliphatic rings. The van der Waals surface area contributed by atoms with Crippen LogP contribution in [0.1, 0.15) is 13.8 Å². The Morgan fingerprint density at radius 2 is 1.25 bits per heavy atom. The summed E-state index contributed by atoms with van der Waals surface area (Å²) in [5.41, 5.74) is 1.25. The standard InChI is InChI=1S/C8H12O2.C2H6/c1-3-7(5-9)8(4-2)6-10;1-2/h3-4,9-10H,1-2,5-6H2;1-2H3/b8-7-;. The maximum atomic E-state index is 8.67. The smallest absolute Gasteiger partial charge is 0.0685 e. The Hall–Kier alpha value is -0.860. The molecule has 0 radical (unpaired) electrons. The average molecular weight is 170 g/mol. The van der Waals surface area contributed by atoms with Crippen LogP contribution in [0.4, 0.5) is 0 Å². The molecule has 0 rings (SSSR count). The molecule has 2 N–H and O–H groups in total. The molecule has 0 saturated carbocycles. The predicted molar refractivity (Wildman–Crippen MR) is 52.9 cm³/mol. The first-order chi connectivity index (χ1) is 5.79. The van der Waals surface area contributed by atoms with Crippen molar-refractivity contribution in [3.8, 4) is 0 Å². The van der Waals surface area contributed by atoms with Crippen molar-refractivity contribution in [1.29, 1.82) is 0 Å². The molecular formula is C10H18O2. The molecule has 2 nitrogen and oxygen atoms in total. The van der Waals surface area contributed by atoms with E-state index in [1.807, 2.05) is 13.8 Å². The minimum Gasteiger partial charge on any atom is -0.392 e. The van der Waals surface area contributed by atoms with Crippen LogP contribution in [0.15, 0.2) is 36.5 Å². The van der Waals surface area contributed by atoms with Gasteiger partial charge in [0.1, 0.15) is 0 Å². The fourth-order valence-electron chi connectivity index (χ4n) is 0.594. The van der Waals surface area contributed by atoms with E-state index in [9.17, 15) is 0 Å². The van der Waals surface area contributed by atoms with Crippen LogP contribution in [-0.2, 0) is 0 Å². The van der Waals surface area contributed by atoms with Gasteiger partial charge in [0, 0.05) is 0 Å². The van der Waals surface area contributed by atoms with E-state index >= 15 is 0 Å². The van der Waals surface area contributed by atoms with Crippen molar-refractivity contribution >= 4 is 0 Å². The molecule has 0 aliphatic heterocycles. The third kappa shape index (κ3) is 4.88. The minimum absolute atomic E-state index is 0.106. The molecule has 0 unspecified atom stereocenters. The molecule has 70 valence electrons. The van der Waals surface area contributed by atoms with Gasteiger partial charge < -0.3 is 10.2 Å². The molecule has 0 atom stereocenters. The van der Waals surface area contributed by atoms with Crippen molar-refractivity contribution in [3.05, 3.63) is 36.5 Å². The van der Waals surface area contributed by atoms with E-state index in [-0.39, 0.29) is 13.2 Å². The van der Waals surface area contributed by atoms with Crippen molar-refractivity contribution < 1.29 is 10.2 Å². The van der Waals surface area contributed by atoms with Gasteiger partial charge in [-0.1, -0.05) is 39.2 Å². The van der Waals surface area contributed by atoms with Gasteiger partial charge in [-0.25, -0.2) is 0 Å². The van der Waals surface area contributed by atoms with Gasteiger partial charge in [0.25, 0.3) is 0 Å². The molecular weight excluding hydrogens is 152 g/mol. The summed E-state index contributed by atoms with van der Waals surface area (Å²) in [5.74, 6) is 0. The van der Waals surface area contributed by atoms with Crippen LogP contribution in [0.5, 0.6) is 0 Å². The summed E-state index contributed by atoms with van der Waals surface area (Å²) in [6, 6.07) is 0. The van der Waals surface area contributed by atoms with E-state index in [2.05, 4.69) is 13.2 Å². The van der Waals surface area contributed by atoms with Gasteiger partial charge >= 0.3 is 0 Å². The third-order valence-corrected chi connectivity index (χ3v) is 1.25. The summed E-state index contributed by atoms with van der Waals surface area (Å²) in [6.45, 7) is 10.7. The highest BCUT2D eigenvalue weighted by Gasteiger charge is 1.95. The van der Waals surface area contributed by atoms with E-state index in [1.165, 1.54) is 12.2 Å². The van der Waals surface area contributed by atoms with Gasteiger partial charge in [-0.15, -0.1) is 0 Å². The Bertz CT molecular complexity index is 139. The van der Waals surface area contributed by atoms with E-state index < -0.39 is 0 Å². The van der Waals surface area contributed by atoms with Crippen molar-refractivity contribution in [3.63, 3.8) is 0 Å². The Morgan fingerprint density at radius 1 is 1.00 bits per heavy atom. The zero-order chi connectivity index (χ0) is 9.98. The SMILES string of the molecule is C=C/C(CO)=C(\C=C)CO.CC. The van der Waals surface area contributed by atoms with E-state index in [0.29, 0.717) is 11.1 Å². The van der Waals surface area contributed by atoms with Gasteiger partial charge in [-0.05, 0) is 11.1 Å². The molecule has 0 spiro atoms. The van der Waals surface area contributed by atoms with Gasteiger partial charge in [-0.3, -0.25) is 0 Å². The zero-order valence-corrected chi connectivity index (χ0v) is 7.88. The lowest BCUT2D eigenvalue weighted by Crippen LogP contribution is -1.95. The van der Waals surface area contributed by atoms with Crippen LogP contribution in [0.3, 0.4) is 0 Å². The highest BCUT2D eigenvalue weighted by molar-refractivity contribution is 5.31. The Kier molecular flexibility index (Phi) is 11.6. The fourth-order valence-corrected chi connectivity index (χ4v) is 0.594. The van der Waals surface area contributed by atoms with Crippen molar-refractivity contribution in [1.82, 2.24) is 0 Å². The van der Waals surface area contributed by atoms with Crippen LogP contribution in [0.25, 0.3) is 0 Å². The van der Waals surface area contributed by atoms with Crippen LogP contribution < -0.4 is 0 Å².